The normalized spacial score (nSPS) is 31.7. The Hall–Kier alpha value is -1.89. The molecule has 7 heteroatoms. The summed E-state index contributed by atoms with van der Waals surface area (Å²) in [6.07, 6.45) is 7.25. The van der Waals surface area contributed by atoms with Gasteiger partial charge in [-0.05, 0) is 31.1 Å². The Morgan fingerprint density at radius 1 is 1.33 bits per heavy atom. The lowest BCUT2D eigenvalue weighted by molar-refractivity contribution is -0.00852. The van der Waals surface area contributed by atoms with Gasteiger partial charge < -0.3 is 16.2 Å². The van der Waals surface area contributed by atoms with Gasteiger partial charge in [0, 0.05) is 6.54 Å². The molecule has 2 aromatic rings. The van der Waals surface area contributed by atoms with Gasteiger partial charge in [-0.1, -0.05) is 12.8 Å². The lowest BCUT2D eigenvalue weighted by atomic mass is 9.77. The third-order valence-electron chi connectivity index (χ3n) is 4.90. The topological polar surface area (TPSA) is 113 Å². The number of nitrogens with two attached hydrogens (primary N) is 1. The molecule has 2 unspecified atom stereocenters. The smallest absolute Gasteiger partial charge is 0.224 e. The van der Waals surface area contributed by atoms with E-state index in [0.29, 0.717) is 29.8 Å². The molecule has 0 aliphatic heterocycles. The van der Waals surface area contributed by atoms with Crippen LogP contribution in [-0.4, -0.2) is 37.4 Å². The molecule has 5 N–H and O–H groups in total. The summed E-state index contributed by atoms with van der Waals surface area (Å²) < 4.78 is 0. The molecule has 7 nitrogen and oxygen atoms in total. The van der Waals surface area contributed by atoms with E-state index in [4.69, 9.17) is 5.73 Å². The van der Waals surface area contributed by atoms with Crippen LogP contribution < -0.4 is 11.1 Å². The molecule has 21 heavy (non-hydrogen) atoms. The SMILES string of the molecule is Nc1nc(NCC2(O)CC3CCC(C3)C2)c2cn[nH]c2n1. The number of hydrogen-bond acceptors (Lipinski definition) is 6. The highest BCUT2D eigenvalue weighted by molar-refractivity contribution is 5.86. The van der Waals surface area contributed by atoms with Crippen LogP contribution in [0.3, 0.4) is 0 Å². The first-order valence-electron chi connectivity index (χ1n) is 7.54. The van der Waals surface area contributed by atoms with Crippen LogP contribution in [0.4, 0.5) is 11.8 Å². The van der Waals surface area contributed by atoms with E-state index < -0.39 is 5.60 Å². The van der Waals surface area contributed by atoms with E-state index in [9.17, 15) is 5.11 Å². The molecule has 0 radical (unpaired) electrons. The van der Waals surface area contributed by atoms with E-state index in [1.165, 1.54) is 19.3 Å². The first-order chi connectivity index (χ1) is 10.1. The second kappa shape index (κ2) is 4.56. The van der Waals surface area contributed by atoms with Gasteiger partial charge in [0.25, 0.3) is 0 Å². The number of aromatic nitrogens is 4. The predicted octanol–water partition coefficient (Wildman–Crippen LogP) is 1.29. The predicted molar refractivity (Wildman–Crippen MR) is 79.6 cm³/mol. The summed E-state index contributed by atoms with van der Waals surface area (Å²) >= 11 is 0. The van der Waals surface area contributed by atoms with Crippen molar-refractivity contribution in [1.82, 2.24) is 20.2 Å². The number of nitrogen functional groups attached to an aromatic ring is 1. The van der Waals surface area contributed by atoms with Crippen molar-refractivity contribution < 1.29 is 5.11 Å². The molecule has 0 spiro atoms. The quantitative estimate of drug-likeness (QED) is 0.677. The highest BCUT2D eigenvalue weighted by Crippen LogP contribution is 2.46. The summed E-state index contributed by atoms with van der Waals surface area (Å²) in [5.74, 6) is 2.20. The molecule has 112 valence electrons. The number of nitrogens with one attached hydrogen (secondary N) is 2. The third kappa shape index (κ3) is 2.31. The van der Waals surface area contributed by atoms with Gasteiger partial charge in [-0.3, -0.25) is 5.10 Å². The van der Waals surface area contributed by atoms with Crippen LogP contribution in [0.25, 0.3) is 11.0 Å². The van der Waals surface area contributed by atoms with E-state index in [1.54, 1.807) is 6.20 Å². The first-order valence-corrected chi connectivity index (χ1v) is 7.54. The highest BCUT2D eigenvalue weighted by Gasteiger charge is 2.42. The Balaban J connectivity index is 1.54. The minimum atomic E-state index is -0.639. The van der Waals surface area contributed by atoms with Crippen molar-refractivity contribution in [2.75, 3.05) is 17.6 Å². The lowest BCUT2D eigenvalue weighted by Gasteiger charge is -2.36. The van der Waals surface area contributed by atoms with Gasteiger partial charge >= 0.3 is 0 Å². The van der Waals surface area contributed by atoms with Crippen LogP contribution in [0.1, 0.15) is 32.1 Å². The van der Waals surface area contributed by atoms with Crippen LogP contribution >= 0.6 is 0 Å². The standard InChI is InChI=1S/C14H20N6O/c15-13-18-11(10-6-17-20-12(10)19-13)16-7-14(21)4-8-1-2-9(3-8)5-14/h6,8-9,21H,1-5,7H2,(H4,15,16,17,18,19,20). The van der Waals surface area contributed by atoms with E-state index in [1.807, 2.05) is 0 Å². The van der Waals surface area contributed by atoms with Crippen LogP contribution in [-0.2, 0) is 0 Å². The molecule has 0 amide bonds. The molecular formula is C14H20N6O. The summed E-state index contributed by atoms with van der Waals surface area (Å²) in [6.45, 7) is 0.497. The number of hydrogen-bond donors (Lipinski definition) is 4. The molecule has 2 fully saturated rings. The zero-order chi connectivity index (χ0) is 14.4. The Morgan fingerprint density at radius 2 is 2.10 bits per heavy atom. The summed E-state index contributed by atoms with van der Waals surface area (Å²) in [5.41, 5.74) is 5.68. The fourth-order valence-corrected chi connectivity index (χ4v) is 4.09. The molecule has 2 aliphatic carbocycles. The summed E-state index contributed by atoms with van der Waals surface area (Å²) in [4.78, 5) is 8.32. The van der Waals surface area contributed by atoms with Gasteiger partial charge in [0.05, 0.1) is 17.2 Å². The lowest BCUT2D eigenvalue weighted by Crippen LogP contribution is -2.42. The van der Waals surface area contributed by atoms with Crippen molar-refractivity contribution in [3.63, 3.8) is 0 Å². The molecule has 0 aromatic carbocycles. The largest absolute Gasteiger partial charge is 0.388 e. The maximum atomic E-state index is 10.8. The number of aromatic amines is 1. The maximum Gasteiger partial charge on any atom is 0.224 e. The molecule has 2 saturated carbocycles. The van der Waals surface area contributed by atoms with Gasteiger partial charge in [-0.15, -0.1) is 0 Å². The van der Waals surface area contributed by atoms with Gasteiger partial charge in [-0.2, -0.15) is 15.1 Å². The zero-order valence-electron chi connectivity index (χ0n) is 11.8. The van der Waals surface area contributed by atoms with Gasteiger partial charge in [-0.25, -0.2) is 0 Å². The van der Waals surface area contributed by atoms with Crippen molar-refractivity contribution in [2.24, 2.45) is 11.8 Å². The van der Waals surface area contributed by atoms with Crippen LogP contribution in [0.2, 0.25) is 0 Å². The highest BCUT2D eigenvalue weighted by atomic mass is 16.3. The number of aliphatic hydroxyl groups is 1. The van der Waals surface area contributed by atoms with Crippen LogP contribution in [0, 0.1) is 11.8 Å². The van der Waals surface area contributed by atoms with Crippen LogP contribution in [0.15, 0.2) is 6.20 Å². The summed E-state index contributed by atoms with van der Waals surface area (Å²) in [7, 11) is 0. The molecule has 2 atom stereocenters. The maximum absolute atomic E-state index is 10.8. The average molecular weight is 288 g/mol. The number of anilines is 2. The summed E-state index contributed by atoms with van der Waals surface area (Å²) in [6, 6.07) is 0. The number of nitrogens with zero attached hydrogens (tertiary/aromatic N) is 3. The van der Waals surface area contributed by atoms with Gasteiger partial charge in [0.15, 0.2) is 5.65 Å². The monoisotopic (exact) mass is 288 g/mol. The Kier molecular flexibility index (Phi) is 2.78. The molecule has 2 aliphatic rings. The second-order valence-electron chi connectivity index (χ2n) is 6.59. The van der Waals surface area contributed by atoms with Gasteiger partial charge in [0.2, 0.25) is 5.95 Å². The Morgan fingerprint density at radius 3 is 2.86 bits per heavy atom. The van der Waals surface area contributed by atoms with Crippen molar-refractivity contribution >= 4 is 22.8 Å². The number of H-pyrrole nitrogens is 1. The van der Waals surface area contributed by atoms with E-state index in [0.717, 1.165) is 18.2 Å². The summed E-state index contributed by atoms with van der Waals surface area (Å²) in [5, 5.41) is 21.6. The van der Waals surface area contributed by atoms with E-state index in [2.05, 4.69) is 25.5 Å². The van der Waals surface area contributed by atoms with Crippen molar-refractivity contribution in [3.8, 4) is 0 Å². The van der Waals surface area contributed by atoms with Crippen LogP contribution in [0.5, 0.6) is 0 Å². The first kappa shape index (κ1) is 12.8. The molecule has 4 rings (SSSR count). The Bertz CT molecular complexity index is 657. The van der Waals surface area contributed by atoms with Crippen molar-refractivity contribution in [3.05, 3.63) is 6.20 Å². The fourth-order valence-electron chi connectivity index (χ4n) is 4.09. The van der Waals surface area contributed by atoms with E-state index in [-0.39, 0.29) is 5.95 Å². The fraction of sp³-hybridized carbons (Fsp3) is 0.643. The Labute approximate surface area is 122 Å². The van der Waals surface area contributed by atoms with Crippen molar-refractivity contribution in [1.29, 1.82) is 0 Å². The van der Waals surface area contributed by atoms with E-state index >= 15 is 0 Å². The minimum Gasteiger partial charge on any atom is -0.388 e. The number of fused-ring (bicyclic) bond motifs is 3. The molecule has 2 heterocycles. The minimum absolute atomic E-state index is 0.199. The molecule has 2 bridgehead atoms. The molecular weight excluding hydrogens is 268 g/mol. The second-order valence-corrected chi connectivity index (χ2v) is 6.59. The zero-order valence-corrected chi connectivity index (χ0v) is 11.8. The molecule has 0 saturated heterocycles. The number of rotatable bonds is 3. The van der Waals surface area contributed by atoms with Gasteiger partial charge in [0.1, 0.15) is 5.82 Å². The third-order valence-corrected chi connectivity index (χ3v) is 4.90. The van der Waals surface area contributed by atoms with Crippen molar-refractivity contribution in [2.45, 2.75) is 37.7 Å². The molecule has 2 aromatic heterocycles. The average Bonchev–Trinajstić information content (AvgIpc) is 3.03.